The molecule has 12 bridgehead atoms. The molecule has 14 nitrogen and oxygen atoms in total. The second-order valence-corrected chi connectivity index (χ2v) is 16.5. The van der Waals surface area contributed by atoms with Crippen LogP contribution in [0.5, 0.6) is 11.5 Å². The molecule has 0 saturated heterocycles. The molecule has 8 aliphatic rings. The van der Waals surface area contributed by atoms with Crippen LogP contribution in [-0.2, 0) is 13.2 Å². The molecule has 0 amide bonds. The van der Waals surface area contributed by atoms with Gasteiger partial charge in [0.2, 0.25) is 0 Å². The van der Waals surface area contributed by atoms with E-state index in [0.717, 1.165) is 34.6 Å². The molecule has 71 heavy (non-hydrogen) atoms. The van der Waals surface area contributed by atoms with Gasteiger partial charge in [-0.1, -0.05) is 133 Å². The molecule has 14 heteroatoms. The van der Waals surface area contributed by atoms with Gasteiger partial charge in [0.15, 0.2) is 0 Å². The van der Waals surface area contributed by atoms with Gasteiger partial charge in [-0.15, -0.1) is 5.10 Å². The van der Waals surface area contributed by atoms with Crippen LogP contribution in [0.1, 0.15) is 53.5 Å². The Morgan fingerprint density at radius 2 is 0.746 bits per heavy atom. The SMILES string of the molecule is O=C(O)c1cc(OCCCn2cc(COc3cc(C(=O)O)cc(C(=O)O)c3)nn2)cc(C(=O)O)c1.c1cc2nc(c1)-c1ccc(cc1)-c1ccc(cc1)-c1ccc(cc1)-c1ccc(cc1)-c1ccc-2cc1. The topological polar surface area (TPSA) is 211 Å². The van der Waals surface area contributed by atoms with Gasteiger partial charge in [0.25, 0.3) is 0 Å². The minimum atomic E-state index is -1.29. The summed E-state index contributed by atoms with van der Waals surface area (Å²) in [6, 6.07) is 57.0. The summed E-state index contributed by atoms with van der Waals surface area (Å²) in [5, 5.41) is 44.3. The summed E-state index contributed by atoms with van der Waals surface area (Å²) in [6.45, 7) is 0.432. The van der Waals surface area contributed by atoms with E-state index in [-0.39, 0.29) is 47.0 Å². The van der Waals surface area contributed by atoms with E-state index < -0.39 is 23.9 Å². The van der Waals surface area contributed by atoms with Gasteiger partial charge in [0, 0.05) is 24.1 Å². The van der Waals surface area contributed by atoms with Crippen molar-refractivity contribution in [3.63, 3.8) is 0 Å². The fourth-order valence-electron chi connectivity index (χ4n) is 7.93. The summed E-state index contributed by atoms with van der Waals surface area (Å²) in [5.41, 5.74) is 13.5. The van der Waals surface area contributed by atoms with E-state index in [4.69, 9.17) is 34.9 Å². The van der Waals surface area contributed by atoms with Crippen LogP contribution in [0.15, 0.2) is 182 Å². The minimum Gasteiger partial charge on any atom is -0.493 e. The molecule has 0 saturated carbocycles. The molecule has 10 heterocycles. The average molecular weight is 943 g/mol. The highest BCUT2D eigenvalue weighted by molar-refractivity contribution is 5.95. The highest BCUT2D eigenvalue weighted by Gasteiger charge is 2.15. The first kappa shape index (κ1) is 46.4. The molecule has 8 aliphatic heterocycles. The number of pyridine rings is 1. The van der Waals surface area contributed by atoms with Gasteiger partial charge in [-0.3, -0.25) is 4.68 Å². The number of carbonyl (C=O) groups is 4. The Morgan fingerprint density at radius 3 is 1.08 bits per heavy atom. The van der Waals surface area contributed by atoms with Gasteiger partial charge in [-0.25, -0.2) is 24.2 Å². The van der Waals surface area contributed by atoms with Crippen LogP contribution in [-0.4, -0.2) is 70.9 Å². The molecule has 0 aliphatic carbocycles. The fourth-order valence-corrected chi connectivity index (χ4v) is 7.93. The third-order valence-electron chi connectivity index (χ3n) is 11.7. The Morgan fingerprint density at radius 1 is 0.423 bits per heavy atom. The van der Waals surface area contributed by atoms with Gasteiger partial charge in [-0.05, 0) is 93.0 Å². The third-order valence-corrected chi connectivity index (χ3v) is 11.7. The minimum absolute atomic E-state index is 0.0505. The van der Waals surface area contributed by atoms with E-state index in [1.807, 2.05) is 0 Å². The van der Waals surface area contributed by atoms with Crippen LogP contribution >= 0.6 is 0 Å². The zero-order valence-corrected chi connectivity index (χ0v) is 37.7. The number of benzene rings is 7. The van der Waals surface area contributed by atoms with Crippen molar-refractivity contribution in [2.75, 3.05) is 6.61 Å². The molecular weight excluding hydrogens is 901 g/mol. The second-order valence-electron chi connectivity index (χ2n) is 16.5. The Balaban J connectivity index is 0.000000176. The molecule has 0 radical (unpaired) electrons. The predicted molar refractivity (Wildman–Crippen MR) is 266 cm³/mol. The molecule has 4 N–H and O–H groups in total. The number of hydrogen-bond donors (Lipinski definition) is 4. The van der Waals surface area contributed by atoms with Crippen LogP contribution in [0.4, 0.5) is 0 Å². The maximum atomic E-state index is 11.2. The van der Waals surface area contributed by atoms with E-state index in [9.17, 15) is 19.2 Å². The van der Waals surface area contributed by atoms with Crippen molar-refractivity contribution in [1.82, 2.24) is 20.0 Å². The van der Waals surface area contributed by atoms with E-state index >= 15 is 0 Å². The first-order valence-electron chi connectivity index (χ1n) is 22.3. The standard InChI is InChI=1S/C35H23N.C22H19N3O10/c1-2-34-32-20-16-30(17-21-32)28-12-8-26(9-13-28)24-4-6-25(7-5-24)27-10-14-29(15-11-27)31-18-22-33(23-19-31)35(3-1)36-34;26-19(27)12-4-13(20(28)29)7-17(6-12)34-3-1-2-25-10-16(23-24-25)11-35-18-8-14(21(30)31)5-15(9-18)22(32)33/h1-23H;4-10H,1-3,11H2,(H,26,27)(H,28,29)(H,30,31)(H,32,33). The maximum absolute atomic E-state index is 11.2. The molecule has 0 atom stereocenters. The van der Waals surface area contributed by atoms with Crippen LogP contribution in [0.3, 0.4) is 0 Å². The fraction of sp³-hybridized carbons (Fsp3) is 0.0702. The lowest BCUT2D eigenvalue weighted by Gasteiger charge is -2.08. The van der Waals surface area contributed by atoms with Crippen molar-refractivity contribution < 1.29 is 49.1 Å². The normalized spacial score (nSPS) is 10.9. The van der Waals surface area contributed by atoms with Crippen molar-refractivity contribution in [2.24, 2.45) is 0 Å². The molecule has 0 unspecified atom stereocenters. The number of hydrogen-bond acceptors (Lipinski definition) is 9. The zero-order chi connectivity index (χ0) is 49.4. The lowest BCUT2D eigenvalue weighted by atomic mass is 9.96. The summed E-state index contributed by atoms with van der Waals surface area (Å²) < 4.78 is 12.4. The van der Waals surface area contributed by atoms with Crippen LogP contribution in [0, 0.1) is 0 Å². The Bertz CT molecular complexity index is 3220. The van der Waals surface area contributed by atoms with Crippen molar-refractivity contribution in [3.05, 3.63) is 210 Å². The molecule has 0 spiro atoms. The van der Waals surface area contributed by atoms with E-state index in [0.29, 0.717) is 18.7 Å². The Hall–Kier alpha value is -9.69. The van der Waals surface area contributed by atoms with E-state index in [1.165, 1.54) is 73.5 Å². The Kier molecular flexibility index (Phi) is 13.5. The van der Waals surface area contributed by atoms with Crippen LogP contribution < -0.4 is 9.47 Å². The number of rotatable bonds is 12. The molecule has 2 aromatic heterocycles. The summed E-state index contributed by atoms with van der Waals surface area (Å²) in [4.78, 5) is 49.6. The molecule has 9 aromatic rings. The molecular formula is C57H42N4O10. The number of ether oxygens (including phenoxy) is 2. The van der Waals surface area contributed by atoms with Gasteiger partial charge in [0.05, 0.1) is 46.4 Å². The summed E-state index contributed by atoms with van der Waals surface area (Å²) in [5.74, 6) is -4.97. The number of carboxylic acid groups (broad SMARTS) is 4. The highest BCUT2D eigenvalue weighted by atomic mass is 16.5. The number of aromatic nitrogens is 4. The molecule has 350 valence electrons. The monoisotopic (exact) mass is 942 g/mol. The summed E-state index contributed by atoms with van der Waals surface area (Å²) in [7, 11) is 0. The van der Waals surface area contributed by atoms with E-state index in [1.54, 1.807) is 6.20 Å². The highest BCUT2D eigenvalue weighted by Crippen LogP contribution is 2.32. The van der Waals surface area contributed by atoms with Crippen molar-refractivity contribution in [1.29, 1.82) is 0 Å². The lowest BCUT2D eigenvalue weighted by molar-refractivity contribution is 0.0675. The Labute approximate surface area is 406 Å². The van der Waals surface area contributed by atoms with Crippen LogP contribution in [0.2, 0.25) is 0 Å². The van der Waals surface area contributed by atoms with E-state index in [2.05, 4.69) is 150 Å². The number of carboxylic acids is 4. The van der Waals surface area contributed by atoms with Crippen molar-refractivity contribution >= 4 is 23.9 Å². The van der Waals surface area contributed by atoms with Gasteiger partial charge in [0.1, 0.15) is 23.8 Å². The van der Waals surface area contributed by atoms with Gasteiger partial charge >= 0.3 is 23.9 Å². The van der Waals surface area contributed by atoms with Gasteiger partial charge < -0.3 is 29.9 Å². The number of aryl methyl sites for hydroxylation is 1. The van der Waals surface area contributed by atoms with Crippen molar-refractivity contribution in [3.8, 4) is 78.5 Å². The summed E-state index contributed by atoms with van der Waals surface area (Å²) >= 11 is 0. The summed E-state index contributed by atoms with van der Waals surface area (Å²) in [6.07, 6.45) is 2.01. The maximum Gasteiger partial charge on any atom is 0.335 e. The number of nitrogens with zero attached hydrogens (tertiary/aromatic N) is 4. The first-order valence-corrected chi connectivity index (χ1v) is 22.3. The molecule has 17 rings (SSSR count). The number of fused-ring (bicyclic) bond motifs is 1. The third kappa shape index (κ3) is 11.2. The smallest absolute Gasteiger partial charge is 0.335 e. The largest absolute Gasteiger partial charge is 0.493 e. The van der Waals surface area contributed by atoms with Crippen LogP contribution in [0.25, 0.3) is 67.0 Å². The molecule has 0 fully saturated rings. The quantitative estimate of drug-likeness (QED) is 0.0841. The number of aromatic carboxylic acids is 4. The average Bonchev–Trinajstić information content (AvgIpc) is 3.87. The molecule has 7 aromatic carbocycles. The zero-order valence-electron chi connectivity index (χ0n) is 37.7. The lowest BCUT2D eigenvalue weighted by Crippen LogP contribution is -2.07. The van der Waals surface area contributed by atoms with Crippen molar-refractivity contribution in [2.45, 2.75) is 19.6 Å². The second kappa shape index (κ2) is 20.7. The predicted octanol–water partition coefficient (Wildman–Crippen LogP) is 11.5. The first-order chi connectivity index (χ1) is 34.4. The van der Waals surface area contributed by atoms with Gasteiger partial charge in [-0.2, -0.15) is 0 Å².